The van der Waals surface area contributed by atoms with Gasteiger partial charge in [0, 0.05) is 11.8 Å². The Morgan fingerprint density at radius 2 is 1.77 bits per heavy atom. The number of aromatic nitrogens is 3. The van der Waals surface area contributed by atoms with Crippen LogP contribution in [0.4, 0.5) is 14.5 Å². The lowest BCUT2D eigenvalue weighted by Crippen LogP contribution is -2.35. The van der Waals surface area contributed by atoms with Crippen LogP contribution in [0.25, 0.3) is 0 Å². The summed E-state index contributed by atoms with van der Waals surface area (Å²) in [4.78, 5) is 35.5. The van der Waals surface area contributed by atoms with Crippen LogP contribution in [-0.2, 0) is 20.9 Å². The molecule has 11 heteroatoms. The molecule has 0 bridgehead atoms. The van der Waals surface area contributed by atoms with Gasteiger partial charge in [0.25, 0.3) is 5.91 Å². The molecule has 160 valence electrons. The van der Waals surface area contributed by atoms with Crippen molar-refractivity contribution < 1.29 is 27.9 Å². The van der Waals surface area contributed by atoms with Crippen LogP contribution in [0, 0.1) is 11.6 Å². The predicted octanol–water partition coefficient (Wildman–Crippen LogP) is 1.52. The molecule has 0 atom stereocenters. The van der Waals surface area contributed by atoms with Crippen LogP contribution < -0.4 is 10.6 Å². The van der Waals surface area contributed by atoms with Gasteiger partial charge in [-0.25, -0.2) is 18.3 Å². The molecule has 0 fully saturated rings. The number of carbonyl (C=O) groups excluding carboxylic acids is 3. The van der Waals surface area contributed by atoms with Crippen molar-refractivity contribution in [1.29, 1.82) is 0 Å². The van der Waals surface area contributed by atoms with Crippen molar-refractivity contribution in [2.24, 2.45) is 0 Å². The van der Waals surface area contributed by atoms with Crippen molar-refractivity contribution in [2.45, 2.75) is 6.54 Å². The van der Waals surface area contributed by atoms with Gasteiger partial charge >= 0.3 is 5.97 Å². The summed E-state index contributed by atoms with van der Waals surface area (Å²) in [7, 11) is 0. The highest BCUT2D eigenvalue weighted by Crippen LogP contribution is 2.12. The number of benzene rings is 2. The molecule has 3 aromatic rings. The van der Waals surface area contributed by atoms with Crippen LogP contribution in [0.2, 0.25) is 0 Å². The lowest BCUT2D eigenvalue weighted by molar-refractivity contribution is -0.126. The third kappa shape index (κ3) is 6.42. The molecule has 0 spiro atoms. The van der Waals surface area contributed by atoms with Crippen molar-refractivity contribution in [3.8, 4) is 0 Å². The van der Waals surface area contributed by atoms with Crippen molar-refractivity contribution in [3.05, 3.63) is 77.6 Å². The molecular weight excluding hydrogens is 412 g/mol. The van der Waals surface area contributed by atoms with Gasteiger partial charge in [-0.1, -0.05) is 35.5 Å². The highest BCUT2D eigenvalue weighted by atomic mass is 19.2. The number of carbonyl (C=O) groups is 3. The second-order valence-corrected chi connectivity index (χ2v) is 6.32. The maximum absolute atomic E-state index is 13.1. The summed E-state index contributed by atoms with van der Waals surface area (Å²) in [5.41, 5.74) is 0.927. The molecular formula is C20H17F2N5O4. The number of amides is 2. The van der Waals surface area contributed by atoms with E-state index >= 15 is 0 Å². The molecule has 0 aliphatic heterocycles. The second kappa shape index (κ2) is 10.1. The van der Waals surface area contributed by atoms with Crippen LogP contribution >= 0.6 is 0 Å². The average molecular weight is 429 g/mol. The maximum atomic E-state index is 13.1. The lowest BCUT2D eigenvalue weighted by atomic mass is 10.2. The molecule has 0 radical (unpaired) electrons. The summed E-state index contributed by atoms with van der Waals surface area (Å²) in [5.74, 6) is -4.41. The Hall–Kier alpha value is -4.15. The number of ether oxygens (including phenoxy) is 1. The molecule has 1 heterocycles. The maximum Gasteiger partial charge on any atom is 0.361 e. The molecule has 2 amide bonds. The fraction of sp³-hybridized carbons (Fsp3) is 0.150. The van der Waals surface area contributed by atoms with E-state index in [1.54, 1.807) is 0 Å². The van der Waals surface area contributed by atoms with E-state index in [1.807, 2.05) is 30.3 Å². The first-order valence-corrected chi connectivity index (χ1v) is 9.03. The summed E-state index contributed by atoms with van der Waals surface area (Å²) in [6.45, 7) is -0.680. The Balaban J connectivity index is 1.40. The monoisotopic (exact) mass is 429 g/mol. The van der Waals surface area contributed by atoms with Crippen LogP contribution in [-0.4, -0.2) is 45.9 Å². The molecule has 0 unspecified atom stereocenters. The lowest BCUT2D eigenvalue weighted by Gasteiger charge is -2.07. The van der Waals surface area contributed by atoms with Gasteiger partial charge in [0.15, 0.2) is 23.9 Å². The minimum absolute atomic E-state index is 0.0307. The summed E-state index contributed by atoms with van der Waals surface area (Å²) in [6.07, 6.45) is 1.39. The molecule has 0 saturated heterocycles. The van der Waals surface area contributed by atoms with Crippen molar-refractivity contribution in [2.75, 3.05) is 18.5 Å². The highest BCUT2D eigenvalue weighted by molar-refractivity contribution is 5.95. The third-order valence-electron chi connectivity index (χ3n) is 3.92. The van der Waals surface area contributed by atoms with Gasteiger partial charge in [0.2, 0.25) is 5.91 Å². The first-order chi connectivity index (χ1) is 14.9. The number of nitrogens with zero attached hydrogens (tertiary/aromatic N) is 3. The van der Waals surface area contributed by atoms with E-state index in [1.165, 1.54) is 16.9 Å². The summed E-state index contributed by atoms with van der Waals surface area (Å²) < 4.78 is 32.3. The Morgan fingerprint density at radius 1 is 1.00 bits per heavy atom. The zero-order chi connectivity index (χ0) is 22.2. The zero-order valence-electron chi connectivity index (χ0n) is 16.0. The van der Waals surface area contributed by atoms with E-state index in [2.05, 4.69) is 20.9 Å². The van der Waals surface area contributed by atoms with E-state index in [4.69, 9.17) is 4.74 Å². The number of hydrogen-bond donors (Lipinski definition) is 2. The Kier molecular flexibility index (Phi) is 6.99. The van der Waals surface area contributed by atoms with E-state index in [9.17, 15) is 23.2 Å². The average Bonchev–Trinajstić information content (AvgIpc) is 3.22. The van der Waals surface area contributed by atoms with E-state index < -0.39 is 42.6 Å². The number of nitrogens with one attached hydrogen (secondary N) is 2. The second-order valence-electron chi connectivity index (χ2n) is 6.32. The van der Waals surface area contributed by atoms with Gasteiger partial charge in [-0.3, -0.25) is 9.59 Å². The van der Waals surface area contributed by atoms with E-state index in [0.29, 0.717) is 6.54 Å². The molecule has 3 rings (SSSR count). The van der Waals surface area contributed by atoms with Gasteiger partial charge in [0.05, 0.1) is 19.3 Å². The normalized spacial score (nSPS) is 10.4. The molecule has 0 saturated carbocycles. The van der Waals surface area contributed by atoms with Crippen LogP contribution in [0.3, 0.4) is 0 Å². The van der Waals surface area contributed by atoms with Crippen molar-refractivity contribution >= 4 is 23.5 Å². The number of halogens is 2. The van der Waals surface area contributed by atoms with E-state index in [0.717, 1.165) is 17.7 Å². The molecule has 31 heavy (non-hydrogen) atoms. The van der Waals surface area contributed by atoms with Crippen LogP contribution in [0.1, 0.15) is 16.1 Å². The number of anilines is 1. The summed E-state index contributed by atoms with van der Waals surface area (Å²) in [6, 6.07) is 12.3. The molecule has 0 aliphatic carbocycles. The van der Waals surface area contributed by atoms with Crippen molar-refractivity contribution in [1.82, 2.24) is 20.3 Å². The van der Waals surface area contributed by atoms with Crippen LogP contribution in [0.5, 0.6) is 0 Å². The Morgan fingerprint density at radius 3 is 2.52 bits per heavy atom. The molecule has 2 aromatic carbocycles. The minimum atomic E-state index is -1.12. The molecule has 9 nitrogen and oxygen atoms in total. The Labute approximate surface area is 175 Å². The first-order valence-electron chi connectivity index (χ1n) is 9.03. The van der Waals surface area contributed by atoms with E-state index in [-0.39, 0.29) is 11.4 Å². The largest absolute Gasteiger partial charge is 0.451 e. The quantitative estimate of drug-likeness (QED) is 0.525. The topological polar surface area (TPSA) is 115 Å². The highest BCUT2D eigenvalue weighted by Gasteiger charge is 2.15. The zero-order valence-corrected chi connectivity index (χ0v) is 16.0. The summed E-state index contributed by atoms with van der Waals surface area (Å²) in [5, 5.41) is 12.1. The standard InChI is InChI=1S/C20H17F2N5O4/c21-15-7-6-14(8-16(15)22)24-18(28)9-23-19(29)12-31-20(30)17-11-27(26-25-17)10-13-4-2-1-3-5-13/h1-8,11H,9-10,12H2,(H,23,29)(H,24,28). The Bertz CT molecular complexity index is 1090. The van der Waals surface area contributed by atoms with Crippen molar-refractivity contribution in [3.63, 3.8) is 0 Å². The minimum Gasteiger partial charge on any atom is -0.451 e. The third-order valence-corrected chi connectivity index (χ3v) is 3.92. The van der Waals surface area contributed by atoms with Gasteiger partial charge in [-0.05, 0) is 17.7 Å². The van der Waals surface area contributed by atoms with Crippen LogP contribution in [0.15, 0.2) is 54.7 Å². The molecule has 1 aromatic heterocycles. The molecule has 0 aliphatic rings. The fourth-order valence-electron chi connectivity index (χ4n) is 2.45. The predicted molar refractivity (Wildman–Crippen MR) is 104 cm³/mol. The van der Waals surface area contributed by atoms with Gasteiger partial charge < -0.3 is 15.4 Å². The van der Waals surface area contributed by atoms with Gasteiger partial charge in [-0.2, -0.15) is 0 Å². The van der Waals surface area contributed by atoms with Gasteiger partial charge in [-0.15, -0.1) is 5.10 Å². The first kappa shape index (κ1) is 21.6. The van der Waals surface area contributed by atoms with Gasteiger partial charge in [0.1, 0.15) is 0 Å². The number of esters is 1. The summed E-state index contributed by atoms with van der Waals surface area (Å²) >= 11 is 0. The number of rotatable bonds is 8. The smallest absolute Gasteiger partial charge is 0.361 e. The molecule has 2 N–H and O–H groups in total. The SMILES string of the molecule is O=C(COC(=O)c1cn(Cc2ccccc2)nn1)NCC(=O)Nc1ccc(F)c(F)c1. The fourth-order valence-corrected chi connectivity index (χ4v) is 2.45. The number of hydrogen-bond acceptors (Lipinski definition) is 6.